The van der Waals surface area contributed by atoms with Crippen LogP contribution in [-0.2, 0) is 17.8 Å². The quantitative estimate of drug-likeness (QED) is 0.883. The molecule has 0 radical (unpaired) electrons. The third kappa shape index (κ3) is 3.85. The van der Waals surface area contributed by atoms with E-state index in [-0.39, 0.29) is 17.8 Å². The summed E-state index contributed by atoms with van der Waals surface area (Å²) in [6, 6.07) is 11.5. The molecule has 1 aliphatic heterocycles. The summed E-state index contributed by atoms with van der Waals surface area (Å²) in [7, 11) is 0. The largest absolute Gasteiger partial charge is 0.331 e. The molecule has 6 heteroatoms. The van der Waals surface area contributed by atoms with Crippen LogP contribution < -0.4 is 10.6 Å². The maximum atomic E-state index is 13.9. The fourth-order valence-corrected chi connectivity index (χ4v) is 3.27. The van der Waals surface area contributed by atoms with Gasteiger partial charge >= 0.3 is 6.03 Å². The molecule has 136 valence electrons. The lowest BCUT2D eigenvalue weighted by molar-refractivity contribution is -0.114. The molecule has 1 atom stereocenters. The Morgan fingerprint density at radius 1 is 1.15 bits per heavy atom. The molecule has 0 fully saturated rings. The lowest BCUT2D eigenvalue weighted by Crippen LogP contribution is -2.43. The minimum absolute atomic E-state index is 0.114. The van der Waals surface area contributed by atoms with E-state index < -0.39 is 6.04 Å². The number of benzene rings is 2. The van der Waals surface area contributed by atoms with Crippen molar-refractivity contribution < 1.29 is 14.0 Å². The number of urea groups is 1. The number of hydrogen-bond donors (Lipinski definition) is 2. The van der Waals surface area contributed by atoms with Gasteiger partial charge in [-0.05, 0) is 36.6 Å². The van der Waals surface area contributed by atoms with Crippen molar-refractivity contribution in [2.75, 3.05) is 11.9 Å². The monoisotopic (exact) mass is 355 g/mol. The van der Waals surface area contributed by atoms with Crippen LogP contribution in [0.2, 0.25) is 0 Å². The molecule has 2 aromatic carbocycles. The van der Waals surface area contributed by atoms with Gasteiger partial charge in [-0.25, -0.2) is 9.18 Å². The van der Waals surface area contributed by atoms with Gasteiger partial charge in [0.25, 0.3) is 0 Å². The van der Waals surface area contributed by atoms with Crippen molar-refractivity contribution in [2.24, 2.45) is 0 Å². The second kappa shape index (κ2) is 7.56. The Morgan fingerprint density at radius 3 is 2.65 bits per heavy atom. The molecule has 5 nitrogen and oxygen atoms in total. The molecule has 0 spiro atoms. The van der Waals surface area contributed by atoms with Gasteiger partial charge in [-0.15, -0.1) is 0 Å². The number of nitrogens with one attached hydrogen (secondary N) is 2. The number of anilines is 1. The first kappa shape index (κ1) is 17.9. The van der Waals surface area contributed by atoms with Crippen LogP contribution in [0.4, 0.5) is 14.9 Å². The Hall–Kier alpha value is -2.89. The van der Waals surface area contributed by atoms with Gasteiger partial charge in [-0.1, -0.05) is 30.3 Å². The van der Waals surface area contributed by atoms with E-state index >= 15 is 0 Å². The van der Waals surface area contributed by atoms with Crippen LogP contribution in [0.1, 0.15) is 36.6 Å². The van der Waals surface area contributed by atoms with Crippen LogP contribution >= 0.6 is 0 Å². The summed E-state index contributed by atoms with van der Waals surface area (Å²) in [6.07, 6.45) is 0.660. The number of carbonyl (C=O) groups excluding carboxylic acids is 2. The van der Waals surface area contributed by atoms with Gasteiger partial charge in [-0.3, -0.25) is 4.79 Å². The van der Waals surface area contributed by atoms with E-state index in [0.29, 0.717) is 25.1 Å². The van der Waals surface area contributed by atoms with Crippen LogP contribution in [0.15, 0.2) is 42.5 Å². The number of fused-ring (bicyclic) bond motifs is 1. The van der Waals surface area contributed by atoms with Crippen molar-refractivity contribution in [3.8, 4) is 0 Å². The molecule has 1 aliphatic rings. The number of hydrogen-bond acceptors (Lipinski definition) is 2. The summed E-state index contributed by atoms with van der Waals surface area (Å²) < 4.78 is 13.9. The normalized spacial score (nSPS) is 14.3. The molecule has 2 N–H and O–H groups in total. The van der Waals surface area contributed by atoms with Gasteiger partial charge in [0.1, 0.15) is 5.82 Å². The minimum atomic E-state index is -0.421. The van der Waals surface area contributed by atoms with Gasteiger partial charge in [0.2, 0.25) is 5.91 Å². The van der Waals surface area contributed by atoms with Gasteiger partial charge in [-0.2, -0.15) is 0 Å². The number of carbonyl (C=O) groups is 2. The predicted octanol–water partition coefficient (Wildman–Crippen LogP) is 3.61. The first-order valence-electron chi connectivity index (χ1n) is 8.64. The minimum Gasteiger partial charge on any atom is -0.331 e. The molecule has 3 amide bonds. The fraction of sp³-hybridized carbons (Fsp3) is 0.300. The average molecular weight is 355 g/mol. The summed E-state index contributed by atoms with van der Waals surface area (Å²) in [6.45, 7) is 4.24. The SMILES string of the molecule is CC(=O)Nc1cccc2c1CCN(C(=O)N[C@@H](C)c1ccccc1F)C2. The average Bonchev–Trinajstić information content (AvgIpc) is 2.61. The summed E-state index contributed by atoms with van der Waals surface area (Å²) in [4.78, 5) is 25.6. The molecule has 0 saturated carbocycles. The maximum Gasteiger partial charge on any atom is 0.318 e. The zero-order chi connectivity index (χ0) is 18.7. The molecule has 0 unspecified atom stereocenters. The van der Waals surface area contributed by atoms with Crippen LogP contribution in [0.3, 0.4) is 0 Å². The van der Waals surface area contributed by atoms with E-state index in [9.17, 15) is 14.0 Å². The highest BCUT2D eigenvalue weighted by Crippen LogP contribution is 2.26. The van der Waals surface area contributed by atoms with Gasteiger partial charge in [0.15, 0.2) is 0 Å². The maximum absolute atomic E-state index is 13.9. The Bertz CT molecular complexity index is 838. The fourth-order valence-electron chi connectivity index (χ4n) is 3.27. The van der Waals surface area contributed by atoms with Crippen molar-refractivity contribution in [1.82, 2.24) is 10.2 Å². The van der Waals surface area contributed by atoms with Crippen LogP contribution in [0, 0.1) is 5.82 Å². The number of halogens is 1. The summed E-state index contributed by atoms with van der Waals surface area (Å²) in [5.41, 5.74) is 3.34. The van der Waals surface area contributed by atoms with E-state index in [0.717, 1.165) is 16.8 Å². The summed E-state index contributed by atoms with van der Waals surface area (Å²) >= 11 is 0. The Morgan fingerprint density at radius 2 is 1.92 bits per heavy atom. The number of rotatable bonds is 3. The molecule has 0 saturated heterocycles. The molecule has 0 aromatic heterocycles. The first-order valence-corrected chi connectivity index (χ1v) is 8.64. The summed E-state index contributed by atoms with van der Waals surface area (Å²) in [5.74, 6) is -0.443. The molecule has 26 heavy (non-hydrogen) atoms. The first-order chi connectivity index (χ1) is 12.5. The van der Waals surface area contributed by atoms with Gasteiger partial charge < -0.3 is 15.5 Å². The third-order valence-corrected chi connectivity index (χ3v) is 4.58. The highest BCUT2D eigenvalue weighted by Gasteiger charge is 2.24. The third-order valence-electron chi connectivity index (χ3n) is 4.58. The Kier molecular flexibility index (Phi) is 5.21. The molecular weight excluding hydrogens is 333 g/mol. The van der Waals surface area contributed by atoms with Gasteiger partial charge in [0, 0.05) is 31.3 Å². The highest BCUT2D eigenvalue weighted by molar-refractivity contribution is 5.90. The molecule has 2 aromatic rings. The molecule has 1 heterocycles. The molecule has 0 bridgehead atoms. The van der Waals surface area contributed by atoms with Crippen molar-refractivity contribution in [3.05, 3.63) is 65.0 Å². The van der Waals surface area contributed by atoms with E-state index in [4.69, 9.17) is 0 Å². The number of amides is 3. The van der Waals surface area contributed by atoms with Crippen molar-refractivity contribution >= 4 is 17.6 Å². The molecular formula is C20H22FN3O2. The highest BCUT2D eigenvalue weighted by atomic mass is 19.1. The second-order valence-corrected chi connectivity index (χ2v) is 6.49. The Balaban J connectivity index is 1.70. The molecule has 0 aliphatic carbocycles. The van der Waals surface area contributed by atoms with Gasteiger partial charge in [0.05, 0.1) is 6.04 Å². The van der Waals surface area contributed by atoms with Crippen molar-refractivity contribution in [3.63, 3.8) is 0 Å². The smallest absolute Gasteiger partial charge is 0.318 e. The second-order valence-electron chi connectivity index (χ2n) is 6.49. The predicted molar refractivity (Wildman–Crippen MR) is 98.2 cm³/mol. The van der Waals surface area contributed by atoms with Crippen LogP contribution in [0.5, 0.6) is 0 Å². The van der Waals surface area contributed by atoms with E-state index in [1.807, 2.05) is 18.2 Å². The topological polar surface area (TPSA) is 61.4 Å². The zero-order valence-corrected chi connectivity index (χ0v) is 14.9. The van der Waals surface area contributed by atoms with Crippen molar-refractivity contribution in [2.45, 2.75) is 32.9 Å². The lowest BCUT2D eigenvalue weighted by Gasteiger charge is -2.31. The van der Waals surface area contributed by atoms with E-state index in [1.165, 1.54) is 13.0 Å². The number of nitrogens with zero attached hydrogens (tertiary/aromatic N) is 1. The van der Waals surface area contributed by atoms with Crippen molar-refractivity contribution in [1.29, 1.82) is 0 Å². The lowest BCUT2D eigenvalue weighted by atomic mass is 9.98. The van der Waals surface area contributed by atoms with Crippen LogP contribution in [-0.4, -0.2) is 23.4 Å². The molecule has 3 rings (SSSR count). The zero-order valence-electron chi connectivity index (χ0n) is 14.9. The standard InChI is InChI=1S/C20H22FN3O2/c1-13(16-7-3-4-8-18(16)21)22-20(26)24-11-10-17-15(12-24)6-5-9-19(17)23-14(2)25/h3-9,13H,10-12H2,1-2H3,(H,22,26)(H,23,25)/t13-/m0/s1. The summed E-state index contributed by atoms with van der Waals surface area (Å²) in [5, 5.41) is 5.70. The Labute approximate surface area is 152 Å². The van der Waals surface area contributed by atoms with E-state index in [1.54, 1.807) is 30.0 Å². The van der Waals surface area contributed by atoms with Crippen LogP contribution in [0.25, 0.3) is 0 Å². The van der Waals surface area contributed by atoms with E-state index in [2.05, 4.69) is 10.6 Å².